The van der Waals surface area contributed by atoms with Crippen molar-refractivity contribution in [3.63, 3.8) is 0 Å². The predicted molar refractivity (Wildman–Crippen MR) is 149 cm³/mol. The Hall–Kier alpha value is -1.71. The van der Waals surface area contributed by atoms with Crippen LogP contribution in [-0.2, 0) is 33.2 Å². The SMILES string of the molecule is CCCCCCCCCCCC(=O)OCCOCCOCCOCCOCCOCCOc1ccccc1. The average molecular weight is 541 g/mol. The van der Waals surface area contributed by atoms with Crippen molar-refractivity contribution in [1.29, 1.82) is 0 Å². The van der Waals surface area contributed by atoms with Gasteiger partial charge in [-0.1, -0.05) is 76.5 Å². The number of esters is 1. The highest BCUT2D eigenvalue weighted by Crippen LogP contribution is 2.11. The lowest BCUT2D eigenvalue weighted by Gasteiger charge is -2.09. The fraction of sp³-hybridized carbons (Fsp3) is 0.767. The number of para-hydroxylation sites is 1. The molecule has 0 aliphatic carbocycles. The summed E-state index contributed by atoms with van der Waals surface area (Å²) in [7, 11) is 0. The maximum absolute atomic E-state index is 11.7. The Morgan fingerprint density at radius 2 is 0.947 bits per heavy atom. The fourth-order valence-corrected chi connectivity index (χ4v) is 3.58. The minimum absolute atomic E-state index is 0.130. The van der Waals surface area contributed by atoms with Crippen LogP contribution in [0, 0.1) is 0 Å². The smallest absolute Gasteiger partial charge is 0.305 e. The van der Waals surface area contributed by atoms with Crippen LogP contribution in [0.25, 0.3) is 0 Å². The molecule has 0 unspecified atom stereocenters. The quantitative estimate of drug-likeness (QED) is 0.0958. The summed E-state index contributed by atoms with van der Waals surface area (Å²) in [6, 6.07) is 9.67. The summed E-state index contributed by atoms with van der Waals surface area (Å²) in [5, 5.41) is 0. The maximum Gasteiger partial charge on any atom is 0.305 e. The second-order valence-corrected chi connectivity index (χ2v) is 9.02. The van der Waals surface area contributed by atoms with E-state index < -0.39 is 0 Å². The van der Waals surface area contributed by atoms with Crippen molar-refractivity contribution in [3.05, 3.63) is 30.3 Å². The Bertz CT molecular complexity index is 614. The zero-order valence-electron chi connectivity index (χ0n) is 23.7. The summed E-state index contributed by atoms with van der Waals surface area (Å²) in [6.07, 6.45) is 11.7. The Morgan fingerprint density at radius 1 is 0.526 bits per heavy atom. The number of hydrogen-bond donors (Lipinski definition) is 0. The molecule has 220 valence electrons. The largest absolute Gasteiger partial charge is 0.491 e. The molecule has 1 rings (SSSR count). The molecule has 38 heavy (non-hydrogen) atoms. The van der Waals surface area contributed by atoms with E-state index in [-0.39, 0.29) is 5.97 Å². The molecular weight excluding hydrogens is 488 g/mol. The second kappa shape index (κ2) is 28.3. The predicted octanol–water partition coefficient (Wildman–Crippen LogP) is 5.61. The Morgan fingerprint density at radius 3 is 1.45 bits per heavy atom. The standard InChI is InChI=1S/C30H52O8/c1-2-3-4-5-6-7-8-9-13-16-30(31)38-28-26-36-24-22-34-20-18-32-17-19-33-21-23-35-25-27-37-29-14-11-10-12-15-29/h10-12,14-15H,2-9,13,16-28H2,1H3. The van der Waals surface area contributed by atoms with Crippen molar-refractivity contribution in [3.8, 4) is 5.75 Å². The van der Waals surface area contributed by atoms with Crippen molar-refractivity contribution in [2.75, 3.05) is 79.3 Å². The van der Waals surface area contributed by atoms with Crippen LogP contribution in [0.5, 0.6) is 5.75 Å². The second-order valence-electron chi connectivity index (χ2n) is 9.02. The van der Waals surface area contributed by atoms with Crippen LogP contribution in [0.3, 0.4) is 0 Å². The van der Waals surface area contributed by atoms with Gasteiger partial charge in [0, 0.05) is 6.42 Å². The molecule has 0 bridgehead atoms. The lowest BCUT2D eigenvalue weighted by Crippen LogP contribution is -2.15. The maximum atomic E-state index is 11.7. The number of rotatable bonds is 29. The zero-order valence-corrected chi connectivity index (χ0v) is 23.7. The van der Waals surface area contributed by atoms with E-state index in [4.69, 9.17) is 33.2 Å². The Kier molecular flexibility index (Phi) is 25.6. The van der Waals surface area contributed by atoms with Gasteiger partial charge in [-0.25, -0.2) is 0 Å². The molecule has 0 atom stereocenters. The number of carbonyl (C=O) groups is 1. The van der Waals surface area contributed by atoms with Crippen molar-refractivity contribution < 1.29 is 38.0 Å². The van der Waals surface area contributed by atoms with Gasteiger partial charge in [0.15, 0.2) is 0 Å². The van der Waals surface area contributed by atoms with E-state index in [0.717, 1.165) is 18.6 Å². The molecule has 0 spiro atoms. The number of unbranched alkanes of at least 4 members (excludes halogenated alkanes) is 8. The normalized spacial score (nSPS) is 11.1. The van der Waals surface area contributed by atoms with E-state index in [1.54, 1.807) is 0 Å². The summed E-state index contributed by atoms with van der Waals surface area (Å²) in [5.74, 6) is 0.716. The fourth-order valence-electron chi connectivity index (χ4n) is 3.58. The number of carbonyl (C=O) groups excluding carboxylic acids is 1. The zero-order chi connectivity index (χ0) is 27.2. The van der Waals surface area contributed by atoms with E-state index in [1.165, 1.54) is 44.9 Å². The molecule has 8 nitrogen and oxygen atoms in total. The lowest BCUT2D eigenvalue weighted by molar-refractivity contribution is -0.145. The third-order valence-electron chi connectivity index (χ3n) is 5.70. The first-order chi connectivity index (χ1) is 18.8. The van der Waals surface area contributed by atoms with E-state index in [1.807, 2.05) is 30.3 Å². The van der Waals surface area contributed by atoms with E-state index >= 15 is 0 Å². The summed E-state index contributed by atoms with van der Waals surface area (Å²) in [5.41, 5.74) is 0. The molecule has 0 aromatic heterocycles. The molecule has 0 saturated heterocycles. The third-order valence-corrected chi connectivity index (χ3v) is 5.70. The van der Waals surface area contributed by atoms with Crippen LogP contribution in [-0.4, -0.2) is 85.3 Å². The van der Waals surface area contributed by atoms with Crippen LogP contribution in [0.1, 0.15) is 71.1 Å². The van der Waals surface area contributed by atoms with Crippen LogP contribution >= 0.6 is 0 Å². The van der Waals surface area contributed by atoms with Gasteiger partial charge < -0.3 is 33.2 Å². The van der Waals surface area contributed by atoms with Crippen molar-refractivity contribution in [2.24, 2.45) is 0 Å². The minimum Gasteiger partial charge on any atom is -0.491 e. The Balaban J connectivity index is 1.68. The first kappa shape index (κ1) is 34.3. The molecule has 0 amide bonds. The lowest BCUT2D eigenvalue weighted by atomic mass is 10.1. The molecule has 0 saturated carbocycles. The number of ether oxygens (including phenoxy) is 7. The van der Waals surface area contributed by atoms with Crippen molar-refractivity contribution >= 4 is 5.97 Å². The highest BCUT2D eigenvalue weighted by molar-refractivity contribution is 5.69. The monoisotopic (exact) mass is 540 g/mol. The van der Waals surface area contributed by atoms with Gasteiger partial charge in [0.05, 0.1) is 66.1 Å². The van der Waals surface area contributed by atoms with Gasteiger partial charge in [-0.2, -0.15) is 0 Å². The van der Waals surface area contributed by atoms with Gasteiger partial charge in [0.1, 0.15) is 19.0 Å². The minimum atomic E-state index is -0.130. The van der Waals surface area contributed by atoms with Crippen LogP contribution in [0.2, 0.25) is 0 Å². The Labute approximate surface area is 230 Å². The first-order valence-corrected chi connectivity index (χ1v) is 14.5. The number of hydrogen-bond acceptors (Lipinski definition) is 8. The number of benzene rings is 1. The van der Waals surface area contributed by atoms with Gasteiger partial charge in [0.2, 0.25) is 0 Å². The molecule has 8 heteroatoms. The molecule has 0 fully saturated rings. The molecule has 0 aliphatic rings. The third kappa shape index (κ3) is 24.6. The molecule has 0 heterocycles. The average Bonchev–Trinajstić information content (AvgIpc) is 2.94. The summed E-state index contributed by atoms with van der Waals surface area (Å²) < 4.78 is 38.0. The summed E-state index contributed by atoms with van der Waals surface area (Å²) >= 11 is 0. The molecule has 0 aliphatic heterocycles. The van der Waals surface area contributed by atoms with Crippen LogP contribution < -0.4 is 4.74 Å². The van der Waals surface area contributed by atoms with Crippen molar-refractivity contribution in [2.45, 2.75) is 71.1 Å². The summed E-state index contributed by atoms with van der Waals surface area (Å²) in [6.45, 7) is 8.02. The van der Waals surface area contributed by atoms with Gasteiger partial charge in [-0.05, 0) is 18.6 Å². The van der Waals surface area contributed by atoms with Gasteiger partial charge in [-0.15, -0.1) is 0 Å². The molecule has 1 aromatic rings. The van der Waals surface area contributed by atoms with E-state index in [2.05, 4.69) is 6.92 Å². The van der Waals surface area contributed by atoms with Crippen LogP contribution in [0.4, 0.5) is 0 Å². The van der Waals surface area contributed by atoms with E-state index in [9.17, 15) is 4.79 Å². The molecule has 0 N–H and O–H groups in total. The molecule has 0 radical (unpaired) electrons. The molecule has 1 aromatic carbocycles. The van der Waals surface area contributed by atoms with Crippen LogP contribution in [0.15, 0.2) is 30.3 Å². The van der Waals surface area contributed by atoms with E-state index in [0.29, 0.717) is 85.7 Å². The highest BCUT2D eigenvalue weighted by atomic mass is 16.6. The first-order valence-electron chi connectivity index (χ1n) is 14.5. The van der Waals surface area contributed by atoms with Gasteiger partial charge in [0.25, 0.3) is 0 Å². The molecular formula is C30H52O8. The van der Waals surface area contributed by atoms with Crippen molar-refractivity contribution in [1.82, 2.24) is 0 Å². The summed E-state index contributed by atoms with van der Waals surface area (Å²) in [4.78, 5) is 11.7. The highest BCUT2D eigenvalue weighted by Gasteiger charge is 2.02. The van der Waals surface area contributed by atoms with Gasteiger partial charge >= 0.3 is 5.97 Å². The van der Waals surface area contributed by atoms with Gasteiger partial charge in [-0.3, -0.25) is 4.79 Å². The topological polar surface area (TPSA) is 81.7 Å².